The first-order valence-electron chi connectivity index (χ1n) is 5.77. The lowest BCUT2D eigenvalue weighted by atomic mass is 10.2. The molecule has 18 heavy (non-hydrogen) atoms. The van der Waals surface area contributed by atoms with Crippen LogP contribution in [0.5, 0.6) is 11.5 Å². The molecule has 0 saturated carbocycles. The Morgan fingerprint density at radius 3 is 1.44 bits per heavy atom. The fourth-order valence-electron chi connectivity index (χ4n) is 1.64. The second-order valence-corrected chi connectivity index (χ2v) is 3.96. The van der Waals surface area contributed by atoms with Crippen LogP contribution < -0.4 is 10.9 Å². The van der Waals surface area contributed by atoms with Crippen LogP contribution in [0.4, 0.5) is 0 Å². The zero-order chi connectivity index (χ0) is 12.8. The lowest BCUT2D eigenvalue weighted by Crippen LogP contribution is -2.30. The highest BCUT2D eigenvalue weighted by Gasteiger charge is 2.00. The van der Waals surface area contributed by atoms with Crippen molar-refractivity contribution in [1.82, 2.24) is 10.9 Å². The highest BCUT2D eigenvalue weighted by atomic mass is 16.3. The molecule has 0 saturated heterocycles. The van der Waals surface area contributed by atoms with Gasteiger partial charge in [0.25, 0.3) is 0 Å². The Morgan fingerprint density at radius 1 is 0.667 bits per heavy atom. The Balaban J connectivity index is 1.80. The predicted molar refractivity (Wildman–Crippen MR) is 69.9 cm³/mol. The van der Waals surface area contributed by atoms with E-state index in [1.165, 1.54) is 0 Å². The second kappa shape index (κ2) is 6.05. The first-order chi connectivity index (χ1) is 8.77. The molecule has 0 bridgehead atoms. The third-order valence-electron chi connectivity index (χ3n) is 2.67. The average Bonchev–Trinajstić information content (AvgIpc) is 2.38. The summed E-state index contributed by atoms with van der Waals surface area (Å²) in [5.41, 5.74) is 7.64. The molecule has 4 heteroatoms. The first-order valence-corrected chi connectivity index (χ1v) is 5.77. The molecule has 0 heterocycles. The molecule has 94 valence electrons. The van der Waals surface area contributed by atoms with E-state index in [0.29, 0.717) is 13.1 Å². The third-order valence-corrected chi connectivity index (χ3v) is 2.67. The van der Waals surface area contributed by atoms with Crippen LogP contribution >= 0.6 is 0 Å². The van der Waals surface area contributed by atoms with Gasteiger partial charge in [-0.3, -0.25) is 10.9 Å². The number of para-hydroxylation sites is 2. The van der Waals surface area contributed by atoms with Crippen LogP contribution in [0.25, 0.3) is 0 Å². The maximum atomic E-state index is 9.56. The average molecular weight is 244 g/mol. The molecule has 0 aromatic heterocycles. The van der Waals surface area contributed by atoms with Crippen LogP contribution in [0, 0.1) is 0 Å². The van der Waals surface area contributed by atoms with Gasteiger partial charge in [-0.1, -0.05) is 36.4 Å². The maximum Gasteiger partial charge on any atom is 0.120 e. The van der Waals surface area contributed by atoms with Gasteiger partial charge in [0, 0.05) is 24.2 Å². The standard InChI is InChI=1S/C14H16N2O2/c17-13-7-3-1-5-11(13)9-15-16-10-12-6-2-4-8-14(12)18/h1-8,15-18H,9-10H2. The molecule has 0 aliphatic heterocycles. The Morgan fingerprint density at radius 2 is 1.06 bits per heavy atom. The Labute approximate surface area is 106 Å². The lowest BCUT2D eigenvalue weighted by Gasteiger charge is -2.09. The van der Waals surface area contributed by atoms with Crippen LogP contribution in [0.2, 0.25) is 0 Å². The summed E-state index contributed by atoms with van der Waals surface area (Å²) in [7, 11) is 0. The molecule has 4 nitrogen and oxygen atoms in total. The number of phenols is 2. The number of rotatable bonds is 5. The molecule has 0 aliphatic rings. The molecular weight excluding hydrogens is 228 g/mol. The lowest BCUT2D eigenvalue weighted by molar-refractivity contribution is 0.445. The summed E-state index contributed by atoms with van der Waals surface area (Å²) >= 11 is 0. The van der Waals surface area contributed by atoms with E-state index in [2.05, 4.69) is 10.9 Å². The van der Waals surface area contributed by atoms with Crippen LogP contribution in [-0.4, -0.2) is 10.2 Å². The Kier molecular flexibility index (Phi) is 4.17. The van der Waals surface area contributed by atoms with Crippen molar-refractivity contribution in [2.24, 2.45) is 0 Å². The summed E-state index contributed by atoms with van der Waals surface area (Å²) in [5.74, 6) is 0.545. The van der Waals surface area contributed by atoms with Crippen LogP contribution in [0.1, 0.15) is 11.1 Å². The Hall–Kier alpha value is -2.04. The monoisotopic (exact) mass is 244 g/mol. The van der Waals surface area contributed by atoms with Gasteiger partial charge >= 0.3 is 0 Å². The SMILES string of the molecule is Oc1ccccc1CNNCc1ccccc1O. The van der Waals surface area contributed by atoms with Gasteiger partial charge in [-0.2, -0.15) is 0 Å². The summed E-state index contributed by atoms with van der Waals surface area (Å²) < 4.78 is 0. The van der Waals surface area contributed by atoms with Crippen molar-refractivity contribution in [2.75, 3.05) is 0 Å². The van der Waals surface area contributed by atoms with E-state index in [1.54, 1.807) is 24.3 Å². The van der Waals surface area contributed by atoms with E-state index in [0.717, 1.165) is 11.1 Å². The molecule has 4 N–H and O–H groups in total. The third kappa shape index (κ3) is 3.23. The van der Waals surface area contributed by atoms with Crippen molar-refractivity contribution in [1.29, 1.82) is 0 Å². The molecular formula is C14H16N2O2. The van der Waals surface area contributed by atoms with E-state index < -0.39 is 0 Å². The minimum absolute atomic E-state index is 0.273. The number of nitrogens with one attached hydrogen (secondary N) is 2. The second-order valence-electron chi connectivity index (χ2n) is 3.96. The van der Waals surface area contributed by atoms with E-state index in [1.807, 2.05) is 24.3 Å². The van der Waals surface area contributed by atoms with Crippen LogP contribution in [0.3, 0.4) is 0 Å². The van der Waals surface area contributed by atoms with Crippen molar-refractivity contribution in [3.63, 3.8) is 0 Å². The van der Waals surface area contributed by atoms with E-state index in [-0.39, 0.29) is 11.5 Å². The van der Waals surface area contributed by atoms with E-state index >= 15 is 0 Å². The van der Waals surface area contributed by atoms with Gasteiger partial charge < -0.3 is 10.2 Å². The van der Waals surface area contributed by atoms with Gasteiger partial charge in [0.15, 0.2) is 0 Å². The summed E-state index contributed by atoms with van der Waals surface area (Å²) in [5, 5.41) is 19.1. The molecule has 0 atom stereocenters. The fraction of sp³-hybridized carbons (Fsp3) is 0.143. The van der Waals surface area contributed by atoms with E-state index in [4.69, 9.17) is 0 Å². The number of phenolic OH excluding ortho intramolecular Hbond substituents is 2. The van der Waals surface area contributed by atoms with Gasteiger partial charge in [0.05, 0.1) is 0 Å². The van der Waals surface area contributed by atoms with Gasteiger partial charge in [-0.25, -0.2) is 0 Å². The molecule has 0 fully saturated rings. The zero-order valence-corrected chi connectivity index (χ0v) is 9.93. The highest BCUT2D eigenvalue weighted by molar-refractivity contribution is 5.32. The zero-order valence-electron chi connectivity index (χ0n) is 9.93. The number of aromatic hydroxyl groups is 2. The highest BCUT2D eigenvalue weighted by Crippen LogP contribution is 2.15. The molecule has 0 spiro atoms. The summed E-state index contributed by atoms with van der Waals surface area (Å²) in [6.07, 6.45) is 0. The molecule has 0 radical (unpaired) electrons. The summed E-state index contributed by atoms with van der Waals surface area (Å²) in [6, 6.07) is 14.3. The number of benzene rings is 2. The minimum atomic E-state index is 0.273. The van der Waals surface area contributed by atoms with Crippen molar-refractivity contribution in [3.05, 3.63) is 59.7 Å². The minimum Gasteiger partial charge on any atom is -0.508 e. The van der Waals surface area contributed by atoms with E-state index in [9.17, 15) is 10.2 Å². The summed E-state index contributed by atoms with van der Waals surface area (Å²) in [6.45, 7) is 1.03. The van der Waals surface area contributed by atoms with Crippen LogP contribution in [0.15, 0.2) is 48.5 Å². The maximum absolute atomic E-state index is 9.56. The van der Waals surface area contributed by atoms with Gasteiger partial charge in [-0.05, 0) is 12.1 Å². The van der Waals surface area contributed by atoms with Crippen molar-refractivity contribution in [2.45, 2.75) is 13.1 Å². The first kappa shape index (κ1) is 12.4. The number of hydrazine groups is 1. The molecule has 2 aromatic carbocycles. The Bertz CT molecular complexity index is 467. The largest absolute Gasteiger partial charge is 0.508 e. The van der Waals surface area contributed by atoms with Gasteiger partial charge in [0.1, 0.15) is 11.5 Å². The van der Waals surface area contributed by atoms with Crippen molar-refractivity contribution in [3.8, 4) is 11.5 Å². The molecule has 0 amide bonds. The predicted octanol–water partition coefficient (Wildman–Crippen LogP) is 1.89. The molecule has 0 unspecified atom stereocenters. The van der Waals surface area contributed by atoms with Crippen LogP contribution in [-0.2, 0) is 13.1 Å². The van der Waals surface area contributed by atoms with Crippen molar-refractivity contribution >= 4 is 0 Å². The smallest absolute Gasteiger partial charge is 0.120 e. The number of hydrogen-bond acceptors (Lipinski definition) is 4. The topological polar surface area (TPSA) is 64.5 Å². The number of hydrogen-bond donors (Lipinski definition) is 4. The molecule has 2 aromatic rings. The summed E-state index contributed by atoms with van der Waals surface area (Å²) in [4.78, 5) is 0. The van der Waals surface area contributed by atoms with Gasteiger partial charge in [0.2, 0.25) is 0 Å². The molecule has 2 rings (SSSR count). The fourth-order valence-corrected chi connectivity index (χ4v) is 1.64. The molecule has 0 aliphatic carbocycles. The quantitative estimate of drug-likeness (QED) is 0.479. The van der Waals surface area contributed by atoms with Gasteiger partial charge in [-0.15, -0.1) is 0 Å². The van der Waals surface area contributed by atoms with Crippen molar-refractivity contribution < 1.29 is 10.2 Å². The normalized spacial score (nSPS) is 10.4.